The van der Waals surface area contributed by atoms with E-state index in [0.29, 0.717) is 11.1 Å². The monoisotopic (exact) mass is 397 g/mol. The summed E-state index contributed by atoms with van der Waals surface area (Å²) < 4.78 is 14.3. The number of aromatic nitrogens is 2. The van der Waals surface area contributed by atoms with Crippen molar-refractivity contribution in [2.45, 2.75) is 31.4 Å². The first-order valence-electron chi connectivity index (χ1n) is 9.98. The molecule has 1 unspecified atom stereocenters. The van der Waals surface area contributed by atoms with Crippen molar-refractivity contribution < 1.29 is 9.47 Å². The van der Waals surface area contributed by atoms with Crippen LogP contribution >= 0.6 is 11.6 Å². The number of pyridine rings is 1. The van der Waals surface area contributed by atoms with Crippen LogP contribution in [0.1, 0.15) is 25.3 Å². The molecule has 2 saturated heterocycles. The van der Waals surface area contributed by atoms with Crippen molar-refractivity contribution in [1.82, 2.24) is 9.55 Å². The third-order valence-corrected chi connectivity index (χ3v) is 6.14. The lowest BCUT2D eigenvalue weighted by molar-refractivity contribution is 0.173. The lowest BCUT2D eigenvalue weighted by Gasteiger charge is -2.34. The summed E-state index contributed by atoms with van der Waals surface area (Å²) in [5.41, 5.74) is 2.29. The lowest BCUT2D eigenvalue weighted by Crippen LogP contribution is -2.38. The molecule has 3 aromatic rings. The summed E-state index contributed by atoms with van der Waals surface area (Å²) in [4.78, 5) is 6.40. The van der Waals surface area contributed by atoms with Crippen LogP contribution < -0.4 is 9.64 Å². The van der Waals surface area contributed by atoms with Crippen LogP contribution in [0.3, 0.4) is 0 Å². The van der Waals surface area contributed by atoms with Crippen LogP contribution in [-0.4, -0.2) is 42.0 Å². The van der Waals surface area contributed by atoms with Gasteiger partial charge in [-0.2, -0.15) is 0 Å². The molecule has 0 bridgehead atoms. The Morgan fingerprint density at radius 2 is 2.00 bits per heavy atom. The third-order valence-electron chi connectivity index (χ3n) is 5.85. The van der Waals surface area contributed by atoms with Crippen molar-refractivity contribution in [2.24, 2.45) is 0 Å². The van der Waals surface area contributed by atoms with Gasteiger partial charge in [-0.3, -0.25) is 4.98 Å². The van der Waals surface area contributed by atoms with E-state index in [1.165, 1.54) is 10.9 Å². The van der Waals surface area contributed by atoms with Crippen LogP contribution in [0, 0.1) is 0 Å². The zero-order chi connectivity index (χ0) is 18.9. The van der Waals surface area contributed by atoms with E-state index >= 15 is 0 Å². The third kappa shape index (κ3) is 3.33. The number of hydrogen-bond acceptors (Lipinski definition) is 4. The molecule has 0 saturated carbocycles. The molecule has 0 radical (unpaired) electrons. The Morgan fingerprint density at radius 3 is 2.79 bits per heavy atom. The SMILES string of the molecule is Clc1cnccc1N1CCC(Oc2cccc3c2ccn3C2CCOC2)CC1. The van der Waals surface area contributed by atoms with Crippen LogP contribution in [0.15, 0.2) is 48.9 Å². The Hall–Kier alpha value is -2.24. The normalized spacial score (nSPS) is 20.8. The van der Waals surface area contributed by atoms with E-state index in [0.717, 1.165) is 57.0 Å². The van der Waals surface area contributed by atoms with Gasteiger partial charge in [-0.1, -0.05) is 17.7 Å². The highest BCUT2D eigenvalue weighted by Gasteiger charge is 2.24. The second kappa shape index (κ2) is 7.64. The molecule has 2 aromatic heterocycles. The minimum atomic E-state index is 0.223. The molecule has 2 aliphatic heterocycles. The van der Waals surface area contributed by atoms with Crippen LogP contribution in [-0.2, 0) is 4.74 Å². The van der Waals surface area contributed by atoms with Gasteiger partial charge >= 0.3 is 0 Å². The zero-order valence-electron chi connectivity index (χ0n) is 15.8. The molecule has 0 spiro atoms. The Morgan fingerprint density at radius 1 is 1.11 bits per heavy atom. The Bertz CT molecular complexity index is 959. The average Bonchev–Trinajstić information content (AvgIpc) is 3.39. The van der Waals surface area contributed by atoms with Crippen LogP contribution in [0.4, 0.5) is 5.69 Å². The van der Waals surface area contributed by atoms with Crippen molar-refractivity contribution in [3.8, 4) is 5.75 Å². The van der Waals surface area contributed by atoms with E-state index in [2.05, 4.69) is 44.9 Å². The summed E-state index contributed by atoms with van der Waals surface area (Å²) in [5.74, 6) is 0.982. The predicted octanol–water partition coefficient (Wildman–Crippen LogP) is 4.70. The summed E-state index contributed by atoms with van der Waals surface area (Å²) in [6.07, 6.45) is 8.93. The molecule has 2 aliphatic rings. The number of fused-ring (bicyclic) bond motifs is 1. The largest absolute Gasteiger partial charge is 0.490 e. The number of piperidine rings is 1. The number of anilines is 1. The van der Waals surface area contributed by atoms with Crippen molar-refractivity contribution in [3.63, 3.8) is 0 Å². The van der Waals surface area contributed by atoms with Gasteiger partial charge in [0.15, 0.2) is 0 Å². The van der Waals surface area contributed by atoms with Gasteiger partial charge in [0, 0.05) is 56.5 Å². The summed E-state index contributed by atoms with van der Waals surface area (Å²) >= 11 is 6.30. The average molecular weight is 398 g/mol. The second-order valence-electron chi connectivity index (χ2n) is 7.56. The smallest absolute Gasteiger partial charge is 0.129 e. The standard InChI is InChI=1S/C22H24ClN3O2/c23-19-14-24-9-4-21(19)25-10-5-17(6-11-25)28-22-3-1-2-20-18(22)7-12-26(20)16-8-13-27-15-16/h1-4,7,9,12,14,16-17H,5-6,8,10-11,13,15H2. The van der Waals surface area contributed by atoms with Crippen LogP contribution in [0.5, 0.6) is 5.75 Å². The first-order chi connectivity index (χ1) is 13.8. The number of nitrogens with zero attached hydrogens (tertiary/aromatic N) is 3. The number of benzene rings is 1. The summed E-state index contributed by atoms with van der Waals surface area (Å²) in [6.45, 7) is 3.51. The zero-order valence-corrected chi connectivity index (χ0v) is 16.5. The van der Waals surface area contributed by atoms with Crippen molar-refractivity contribution >= 4 is 28.2 Å². The topological polar surface area (TPSA) is 39.5 Å². The number of halogens is 1. The molecule has 5 rings (SSSR count). The molecule has 0 N–H and O–H groups in total. The highest BCUT2D eigenvalue weighted by atomic mass is 35.5. The Kier molecular flexibility index (Phi) is 4.87. The minimum Gasteiger partial charge on any atom is -0.490 e. The van der Waals surface area contributed by atoms with Gasteiger partial charge < -0.3 is 18.9 Å². The van der Waals surface area contributed by atoms with Crippen LogP contribution in [0.25, 0.3) is 10.9 Å². The summed E-state index contributed by atoms with van der Waals surface area (Å²) in [6, 6.07) is 10.9. The van der Waals surface area contributed by atoms with E-state index in [9.17, 15) is 0 Å². The quantitative estimate of drug-likeness (QED) is 0.639. The van der Waals surface area contributed by atoms with Gasteiger partial charge in [-0.05, 0) is 30.7 Å². The fourth-order valence-electron chi connectivity index (χ4n) is 4.34. The lowest BCUT2D eigenvalue weighted by atomic mass is 10.1. The molecule has 1 atom stereocenters. The molecule has 146 valence electrons. The van der Waals surface area contributed by atoms with Gasteiger partial charge in [-0.15, -0.1) is 0 Å². The molecule has 28 heavy (non-hydrogen) atoms. The molecule has 0 amide bonds. The van der Waals surface area contributed by atoms with Gasteiger partial charge in [0.1, 0.15) is 11.9 Å². The molecule has 4 heterocycles. The van der Waals surface area contributed by atoms with Gasteiger partial charge in [0.2, 0.25) is 0 Å². The molecule has 0 aliphatic carbocycles. The van der Waals surface area contributed by atoms with Gasteiger partial charge in [-0.25, -0.2) is 0 Å². The maximum Gasteiger partial charge on any atom is 0.129 e. The molecule has 2 fully saturated rings. The summed E-state index contributed by atoms with van der Waals surface area (Å²) in [7, 11) is 0. The maximum absolute atomic E-state index is 6.44. The van der Waals surface area contributed by atoms with E-state index < -0.39 is 0 Å². The molecular weight excluding hydrogens is 374 g/mol. The first-order valence-corrected chi connectivity index (χ1v) is 10.4. The molecule has 5 nitrogen and oxygen atoms in total. The van der Waals surface area contributed by atoms with Gasteiger partial charge in [0.25, 0.3) is 0 Å². The number of rotatable bonds is 4. The maximum atomic E-state index is 6.44. The Balaban J connectivity index is 1.29. The van der Waals surface area contributed by atoms with Crippen molar-refractivity contribution in [2.75, 3.05) is 31.2 Å². The fraction of sp³-hybridized carbons (Fsp3) is 0.409. The molecular formula is C22H24ClN3O2. The number of hydrogen-bond donors (Lipinski definition) is 0. The molecule has 6 heteroatoms. The second-order valence-corrected chi connectivity index (χ2v) is 7.97. The highest BCUT2D eigenvalue weighted by Crippen LogP contribution is 2.33. The van der Waals surface area contributed by atoms with E-state index in [1.54, 1.807) is 12.4 Å². The predicted molar refractivity (Wildman–Crippen MR) is 112 cm³/mol. The van der Waals surface area contributed by atoms with E-state index in [1.807, 2.05) is 6.07 Å². The minimum absolute atomic E-state index is 0.223. The van der Waals surface area contributed by atoms with Gasteiger partial charge in [0.05, 0.1) is 28.9 Å². The fourth-order valence-corrected chi connectivity index (χ4v) is 4.58. The summed E-state index contributed by atoms with van der Waals surface area (Å²) in [5, 5.41) is 1.90. The highest BCUT2D eigenvalue weighted by molar-refractivity contribution is 6.33. The van der Waals surface area contributed by atoms with Crippen molar-refractivity contribution in [1.29, 1.82) is 0 Å². The van der Waals surface area contributed by atoms with Crippen molar-refractivity contribution in [3.05, 3.63) is 53.9 Å². The molecule has 1 aromatic carbocycles. The van der Waals surface area contributed by atoms with E-state index in [-0.39, 0.29) is 6.10 Å². The first kappa shape index (κ1) is 17.8. The van der Waals surface area contributed by atoms with E-state index in [4.69, 9.17) is 21.1 Å². The Labute approximate surface area is 169 Å². The van der Waals surface area contributed by atoms with Crippen LogP contribution in [0.2, 0.25) is 5.02 Å². The number of ether oxygens (including phenoxy) is 2.